The lowest BCUT2D eigenvalue weighted by molar-refractivity contribution is -0.150. The highest BCUT2D eigenvalue weighted by atomic mass is 16.4. The summed E-state index contributed by atoms with van der Waals surface area (Å²) in [6.07, 6.45) is 3.01. The number of rotatable bonds is 7. The zero-order valence-corrected chi connectivity index (χ0v) is 12.7. The summed E-state index contributed by atoms with van der Waals surface area (Å²) in [5.74, 6) is -0.655. The van der Waals surface area contributed by atoms with E-state index in [-0.39, 0.29) is 11.9 Å². The van der Waals surface area contributed by atoms with E-state index in [0.717, 1.165) is 19.3 Å². The molecule has 1 aromatic rings. The van der Waals surface area contributed by atoms with Crippen molar-refractivity contribution in [3.8, 4) is 0 Å². The molecule has 0 aliphatic heterocycles. The Labute approximate surface area is 125 Å². The van der Waals surface area contributed by atoms with E-state index in [1.165, 1.54) is 5.56 Å². The summed E-state index contributed by atoms with van der Waals surface area (Å²) in [5, 5.41) is 9.14. The third-order valence-electron chi connectivity index (χ3n) is 4.16. The van der Waals surface area contributed by atoms with Crippen LogP contribution in [-0.4, -0.2) is 34.0 Å². The first-order valence-corrected chi connectivity index (χ1v) is 7.59. The lowest BCUT2D eigenvalue weighted by Gasteiger charge is -2.27. The fourth-order valence-corrected chi connectivity index (χ4v) is 2.62. The Morgan fingerprint density at radius 1 is 1.24 bits per heavy atom. The van der Waals surface area contributed by atoms with E-state index in [9.17, 15) is 9.59 Å². The van der Waals surface area contributed by atoms with Crippen molar-refractivity contribution in [1.29, 1.82) is 0 Å². The maximum Gasteiger partial charge on any atom is 0.326 e. The number of benzene rings is 1. The van der Waals surface area contributed by atoms with Crippen molar-refractivity contribution in [3.63, 3.8) is 0 Å². The molecule has 4 nitrogen and oxygen atoms in total. The minimum atomic E-state index is -0.925. The highest BCUT2D eigenvalue weighted by Gasteiger charge is 2.38. The van der Waals surface area contributed by atoms with Crippen LogP contribution in [0.5, 0.6) is 0 Å². The predicted octanol–water partition coefficient (Wildman–Crippen LogP) is 3.03. The normalized spacial score (nSPS) is 17.0. The Bertz CT molecular complexity index is 496. The molecule has 0 saturated heterocycles. The molecule has 0 bridgehead atoms. The minimum absolute atomic E-state index is 0.0322. The largest absolute Gasteiger partial charge is 0.480 e. The molecular weight excluding hydrogens is 266 g/mol. The van der Waals surface area contributed by atoms with Gasteiger partial charge in [-0.15, -0.1) is 0 Å². The highest BCUT2D eigenvalue weighted by molar-refractivity contribution is 5.84. The molecule has 1 N–H and O–H groups in total. The van der Waals surface area contributed by atoms with E-state index in [1.54, 1.807) is 11.8 Å². The van der Waals surface area contributed by atoms with Crippen molar-refractivity contribution < 1.29 is 14.7 Å². The van der Waals surface area contributed by atoms with Gasteiger partial charge in [-0.05, 0) is 37.7 Å². The molecular formula is C17H23NO3. The second-order valence-corrected chi connectivity index (χ2v) is 5.90. The topological polar surface area (TPSA) is 57.6 Å². The standard InChI is InChI=1S/C17H23NO3/c1-12(14-6-4-3-5-7-14)8-11-16(19)18(15-9-10-15)13(2)17(20)21/h3-7,12-13,15H,8-11H2,1-2H3,(H,20,21). The molecule has 4 heteroatoms. The number of carboxylic acids is 1. The Hall–Kier alpha value is -1.84. The van der Waals surface area contributed by atoms with Crippen LogP contribution < -0.4 is 0 Å². The van der Waals surface area contributed by atoms with Gasteiger partial charge < -0.3 is 10.0 Å². The second kappa shape index (κ2) is 6.74. The maximum absolute atomic E-state index is 12.4. The van der Waals surface area contributed by atoms with Crippen LogP contribution >= 0.6 is 0 Å². The highest BCUT2D eigenvalue weighted by Crippen LogP contribution is 2.30. The summed E-state index contributed by atoms with van der Waals surface area (Å²) >= 11 is 0. The fraction of sp³-hybridized carbons (Fsp3) is 0.529. The minimum Gasteiger partial charge on any atom is -0.480 e. The van der Waals surface area contributed by atoms with Crippen molar-refractivity contribution >= 4 is 11.9 Å². The molecule has 0 aromatic heterocycles. The van der Waals surface area contributed by atoms with E-state index in [4.69, 9.17) is 5.11 Å². The van der Waals surface area contributed by atoms with Crippen LogP contribution in [0.1, 0.15) is 51.0 Å². The van der Waals surface area contributed by atoms with Crippen LogP contribution in [0.25, 0.3) is 0 Å². The lowest BCUT2D eigenvalue weighted by Crippen LogP contribution is -2.44. The van der Waals surface area contributed by atoms with E-state index >= 15 is 0 Å². The summed E-state index contributed by atoms with van der Waals surface area (Å²) in [5.41, 5.74) is 1.22. The molecule has 2 rings (SSSR count). The van der Waals surface area contributed by atoms with Gasteiger partial charge in [0.1, 0.15) is 6.04 Å². The van der Waals surface area contributed by atoms with Crippen molar-refractivity contribution in [1.82, 2.24) is 4.90 Å². The molecule has 1 aliphatic rings. The molecule has 1 amide bonds. The molecule has 0 spiro atoms. The van der Waals surface area contributed by atoms with Crippen LogP contribution in [0.3, 0.4) is 0 Å². The first-order valence-electron chi connectivity index (χ1n) is 7.59. The number of carboxylic acid groups (broad SMARTS) is 1. The van der Waals surface area contributed by atoms with Crippen molar-refractivity contribution in [2.45, 2.75) is 57.5 Å². The van der Waals surface area contributed by atoms with Crippen molar-refractivity contribution in [2.75, 3.05) is 0 Å². The zero-order chi connectivity index (χ0) is 15.4. The van der Waals surface area contributed by atoms with Crippen LogP contribution in [0.4, 0.5) is 0 Å². The number of carbonyl (C=O) groups excluding carboxylic acids is 1. The van der Waals surface area contributed by atoms with E-state index in [1.807, 2.05) is 18.2 Å². The third-order valence-corrected chi connectivity index (χ3v) is 4.16. The summed E-state index contributed by atoms with van der Waals surface area (Å²) in [7, 11) is 0. The smallest absolute Gasteiger partial charge is 0.326 e. The van der Waals surface area contributed by atoms with Crippen LogP contribution in [0, 0.1) is 0 Å². The molecule has 1 aromatic carbocycles. The summed E-state index contributed by atoms with van der Waals surface area (Å²) < 4.78 is 0. The number of hydrogen-bond acceptors (Lipinski definition) is 2. The number of nitrogens with zero attached hydrogens (tertiary/aromatic N) is 1. The summed E-state index contributed by atoms with van der Waals surface area (Å²) in [6.45, 7) is 3.70. The Balaban J connectivity index is 1.92. The van der Waals surface area contributed by atoms with Gasteiger partial charge in [-0.25, -0.2) is 4.79 Å². The van der Waals surface area contributed by atoms with Gasteiger partial charge >= 0.3 is 5.97 Å². The van der Waals surface area contributed by atoms with Crippen LogP contribution in [0.2, 0.25) is 0 Å². The molecule has 1 aliphatic carbocycles. The first kappa shape index (κ1) is 15.5. The number of carbonyl (C=O) groups is 2. The molecule has 1 fully saturated rings. The van der Waals surface area contributed by atoms with E-state index in [0.29, 0.717) is 12.3 Å². The molecule has 1 saturated carbocycles. The van der Waals surface area contributed by atoms with Gasteiger partial charge in [-0.1, -0.05) is 37.3 Å². The third kappa shape index (κ3) is 4.06. The quantitative estimate of drug-likeness (QED) is 0.839. The zero-order valence-electron chi connectivity index (χ0n) is 12.7. The molecule has 2 unspecified atom stereocenters. The average molecular weight is 289 g/mol. The number of aliphatic carboxylic acids is 1. The second-order valence-electron chi connectivity index (χ2n) is 5.90. The Morgan fingerprint density at radius 2 is 1.86 bits per heavy atom. The monoisotopic (exact) mass is 289 g/mol. The first-order chi connectivity index (χ1) is 10.0. The van der Waals surface area contributed by atoms with Crippen molar-refractivity contribution in [2.24, 2.45) is 0 Å². The fourth-order valence-electron chi connectivity index (χ4n) is 2.62. The van der Waals surface area contributed by atoms with Crippen LogP contribution in [0.15, 0.2) is 30.3 Å². The van der Waals surface area contributed by atoms with Gasteiger partial charge in [0.2, 0.25) is 5.91 Å². The predicted molar refractivity (Wildman–Crippen MR) is 81.1 cm³/mol. The van der Waals surface area contributed by atoms with Gasteiger partial charge in [0, 0.05) is 12.5 Å². The Kier molecular flexibility index (Phi) is 4.99. The molecule has 114 valence electrons. The average Bonchev–Trinajstić information content (AvgIpc) is 3.30. The maximum atomic E-state index is 12.4. The van der Waals surface area contributed by atoms with Crippen LogP contribution in [-0.2, 0) is 9.59 Å². The summed E-state index contributed by atoms with van der Waals surface area (Å²) in [6, 6.07) is 9.51. The lowest BCUT2D eigenvalue weighted by atomic mass is 9.96. The molecule has 2 atom stereocenters. The van der Waals surface area contributed by atoms with Gasteiger partial charge in [0.25, 0.3) is 0 Å². The van der Waals surface area contributed by atoms with Crippen molar-refractivity contribution in [3.05, 3.63) is 35.9 Å². The van der Waals surface area contributed by atoms with Gasteiger partial charge in [0.15, 0.2) is 0 Å². The number of hydrogen-bond donors (Lipinski definition) is 1. The SMILES string of the molecule is CC(CCC(=O)N(C1CC1)C(C)C(=O)O)c1ccccc1. The number of amides is 1. The van der Waals surface area contributed by atoms with E-state index in [2.05, 4.69) is 19.1 Å². The van der Waals surface area contributed by atoms with Gasteiger partial charge in [0.05, 0.1) is 0 Å². The van der Waals surface area contributed by atoms with Gasteiger partial charge in [-0.2, -0.15) is 0 Å². The molecule has 21 heavy (non-hydrogen) atoms. The van der Waals surface area contributed by atoms with Gasteiger partial charge in [-0.3, -0.25) is 4.79 Å². The van der Waals surface area contributed by atoms with E-state index < -0.39 is 12.0 Å². The molecule has 0 radical (unpaired) electrons. The summed E-state index contributed by atoms with van der Waals surface area (Å²) in [4.78, 5) is 25.1. The Morgan fingerprint density at radius 3 is 2.38 bits per heavy atom. The molecule has 0 heterocycles.